The van der Waals surface area contributed by atoms with Gasteiger partial charge in [0.15, 0.2) is 0 Å². The average Bonchev–Trinajstić information content (AvgIpc) is 3.02. The van der Waals surface area contributed by atoms with E-state index in [4.69, 9.17) is 4.74 Å². The van der Waals surface area contributed by atoms with E-state index in [-0.39, 0.29) is 29.2 Å². The predicted molar refractivity (Wildman–Crippen MR) is 164 cm³/mol. The monoisotopic (exact) mass is 696 g/mol. The molecule has 0 saturated heterocycles. The Morgan fingerprint density at radius 1 is 0.714 bits per heavy atom. The van der Waals surface area contributed by atoms with Crippen LogP contribution in [0.15, 0.2) is 66.7 Å². The molecule has 0 N–H and O–H groups in total. The van der Waals surface area contributed by atoms with E-state index in [9.17, 15) is 22.0 Å². The number of halogens is 10. The van der Waals surface area contributed by atoms with Crippen LogP contribution in [0.1, 0.15) is 68.1 Å². The van der Waals surface area contributed by atoms with Crippen molar-refractivity contribution < 1.29 is 53.4 Å². The van der Waals surface area contributed by atoms with Gasteiger partial charge in [0.2, 0.25) is 0 Å². The van der Waals surface area contributed by atoms with Crippen molar-refractivity contribution in [1.82, 2.24) is 0 Å². The van der Waals surface area contributed by atoms with Crippen molar-refractivity contribution in [3.8, 4) is 28.0 Å². The van der Waals surface area contributed by atoms with E-state index < -0.39 is 75.1 Å². The maximum Gasteiger partial charge on any atom is 0.432 e. The summed E-state index contributed by atoms with van der Waals surface area (Å²) in [5, 5.41) is 0. The van der Waals surface area contributed by atoms with Crippen LogP contribution in [0.4, 0.5) is 43.9 Å². The first-order valence-electron chi connectivity index (χ1n) is 15.6. The number of hydrogen-bond donors (Lipinski definition) is 0. The highest BCUT2D eigenvalue weighted by molar-refractivity contribution is 5.68. The number of rotatable bonds is 11. The second kappa shape index (κ2) is 15.1. The largest absolute Gasteiger partial charge is 0.432 e. The van der Waals surface area contributed by atoms with E-state index in [2.05, 4.69) is 11.7 Å². The lowest BCUT2D eigenvalue weighted by Gasteiger charge is -2.29. The highest BCUT2D eigenvalue weighted by atomic mass is 19.3. The Bertz CT molecular complexity index is 1800. The molecule has 0 atom stereocenters. The fraction of sp³-hybridized carbons (Fsp3) is 0.297. The van der Waals surface area contributed by atoms with Crippen molar-refractivity contribution in [1.29, 1.82) is 0 Å². The van der Waals surface area contributed by atoms with Gasteiger partial charge in [-0.1, -0.05) is 25.5 Å². The van der Waals surface area contributed by atoms with Crippen LogP contribution >= 0.6 is 0 Å². The van der Waals surface area contributed by atoms with Gasteiger partial charge in [0.05, 0.1) is 11.7 Å². The molecule has 1 fully saturated rings. The minimum absolute atomic E-state index is 0.0567. The summed E-state index contributed by atoms with van der Waals surface area (Å²) in [6.45, 7) is 2.78. The Balaban J connectivity index is 1.31. The van der Waals surface area contributed by atoms with Gasteiger partial charge in [0.25, 0.3) is 6.08 Å². The smallest absolute Gasteiger partial charge is 0.429 e. The highest BCUT2D eigenvalue weighted by Gasteiger charge is 2.41. The topological polar surface area (TPSA) is 18.5 Å². The third kappa shape index (κ3) is 8.29. The van der Waals surface area contributed by atoms with Crippen molar-refractivity contribution >= 4 is 6.08 Å². The van der Waals surface area contributed by atoms with Crippen LogP contribution in [-0.4, -0.2) is 12.7 Å². The summed E-state index contributed by atoms with van der Waals surface area (Å²) in [5.41, 5.74) is -3.68. The van der Waals surface area contributed by atoms with Crippen LogP contribution in [0.2, 0.25) is 0 Å². The molecular formula is C37H30F10O2. The first-order valence-corrected chi connectivity index (χ1v) is 15.6. The lowest BCUT2D eigenvalue weighted by Crippen LogP contribution is -2.25. The van der Waals surface area contributed by atoms with Crippen LogP contribution in [0, 0.1) is 34.9 Å². The summed E-state index contributed by atoms with van der Waals surface area (Å²) in [7, 11) is 0. The van der Waals surface area contributed by atoms with Gasteiger partial charge >= 0.3 is 6.11 Å². The third-order valence-corrected chi connectivity index (χ3v) is 8.46. The summed E-state index contributed by atoms with van der Waals surface area (Å²) in [4.78, 5) is 0. The molecule has 49 heavy (non-hydrogen) atoms. The summed E-state index contributed by atoms with van der Waals surface area (Å²) in [5.74, 6) is -9.34. The van der Waals surface area contributed by atoms with Gasteiger partial charge in [0.1, 0.15) is 46.2 Å². The molecule has 0 bridgehead atoms. The van der Waals surface area contributed by atoms with Crippen LogP contribution in [-0.2, 0) is 10.8 Å². The molecule has 1 saturated carbocycles. The van der Waals surface area contributed by atoms with E-state index in [1.54, 1.807) is 6.07 Å². The van der Waals surface area contributed by atoms with Gasteiger partial charge in [0, 0.05) is 29.9 Å². The summed E-state index contributed by atoms with van der Waals surface area (Å²) >= 11 is 0. The Morgan fingerprint density at radius 3 is 1.80 bits per heavy atom. The summed E-state index contributed by atoms with van der Waals surface area (Å²) in [6.07, 6.45) is -1.76. The second-order valence-corrected chi connectivity index (χ2v) is 11.8. The quantitative estimate of drug-likeness (QED) is 0.115. The molecule has 0 aliphatic heterocycles. The maximum absolute atomic E-state index is 15.2. The molecule has 12 heteroatoms. The second-order valence-electron chi connectivity index (χ2n) is 11.8. The zero-order valence-corrected chi connectivity index (χ0v) is 26.1. The Morgan fingerprint density at radius 2 is 1.27 bits per heavy atom. The molecule has 1 aliphatic rings. The van der Waals surface area contributed by atoms with E-state index in [1.165, 1.54) is 12.1 Å². The van der Waals surface area contributed by atoms with Gasteiger partial charge in [-0.15, -0.1) is 0 Å². The van der Waals surface area contributed by atoms with Gasteiger partial charge in [-0.05, 0) is 97.2 Å². The standard InChI is InChI=1S/C37H30F10O2/c1-2-3-12-48-24-7-4-20(5-8-24)21-6-10-26(29(38)13-21)23-16-33(42)36(34(43)17-23)37(46,47)49-25-9-11-27(32(41)18-25)22-14-30(39)28(19-35(44)45)31(40)15-22/h6,9-11,13-20,24H,2-5,7-8,12H2,1H3. The van der Waals surface area contributed by atoms with Crippen molar-refractivity contribution in [3.63, 3.8) is 0 Å². The van der Waals surface area contributed by atoms with E-state index in [1.807, 2.05) is 0 Å². The van der Waals surface area contributed by atoms with Gasteiger partial charge < -0.3 is 9.47 Å². The normalized spacial score (nSPS) is 16.5. The third-order valence-electron chi connectivity index (χ3n) is 8.46. The zero-order valence-electron chi connectivity index (χ0n) is 26.1. The average molecular weight is 697 g/mol. The van der Waals surface area contributed by atoms with Crippen LogP contribution in [0.25, 0.3) is 28.3 Å². The van der Waals surface area contributed by atoms with Crippen molar-refractivity contribution in [2.24, 2.45) is 0 Å². The van der Waals surface area contributed by atoms with Crippen molar-refractivity contribution in [2.75, 3.05) is 6.61 Å². The van der Waals surface area contributed by atoms with Gasteiger partial charge in [-0.2, -0.15) is 17.6 Å². The van der Waals surface area contributed by atoms with Crippen LogP contribution in [0.5, 0.6) is 5.75 Å². The highest BCUT2D eigenvalue weighted by Crippen LogP contribution is 2.40. The first-order chi connectivity index (χ1) is 23.3. The van der Waals surface area contributed by atoms with Gasteiger partial charge in [-0.25, -0.2) is 26.3 Å². The van der Waals surface area contributed by atoms with E-state index >= 15 is 22.0 Å². The molecule has 0 heterocycles. The lowest BCUT2D eigenvalue weighted by atomic mass is 9.82. The van der Waals surface area contributed by atoms with Gasteiger partial charge in [-0.3, -0.25) is 0 Å². The Kier molecular flexibility index (Phi) is 11.1. The molecule has 0 unspecified atom stereocenters. The summed E-state index contributed by atoms with van der Waals surface area (Å²) < 4.78 is 154. The molecule has 0 aromatic heterocycles. The van der Waals surface area contributed by atoms with E-state index in [0.717, 1.165) is 50.7 Å². The SMILES string of the molecule is CCCCOC1CCC(c2ccc(-c3cc(F)c(C(F)(F)Oc4ccc(-c5cc(F)c(C=C(F)F)c(F)c5)c(F)c4)c(F)c3)c(F)c2)CC1. The maximum atomic E-state index is 15.2. The molecule has 1 aliphatic carbocycles. The summed E-state index contributed by atoms with van der Waals surface area (Å²) in [6, 6.07) is 8.38. The molecule has 5 rings (SSSR count). The fourth-order valence-electron chi connectivity index (χ4n) is 5.96. The minimum Gasteiger partial charge on any atom is -0.429 e. The molecule has 0 spiro atoms. The Hall–Kier alpha value is -4.32. The number of ether oxygens (including phenoxy) is 2. The molecule has 260 valence electrons. The predicted octanol–water partition coefficient (Wildman–Crippen LogP) is 12.1. The van der Waals surface area contributed by atoms with Crippen LogP contribution < -0.4 is 4.74 Å². The molecule has 2 nitrogen and oxygen atoms in total. The number of alkyl halides is 2. The molecule has 4 aromatic carbocycles. The number of benzene rings is 4. The van der Waals surface area contributed by atoms with Crippen molar-refractivity contribution in [2.45, 2.75) is 63.6 Å². The fourth-order valence-corrected chi connectivity index (χ4v) is 5.96. The lowest BCUT2D eigenvalue weighted by molar-refractivity contribution is -0.189. The Labute approximate surface area is 276 Å². The number of unbranched alkanes of at least 4 members (excludes halogenated alkanes) is 1. The first kappa shape index (κ1) is 36.0. The number of hydrogen-bond acceptors (Lipinski definition) is 2. The van der Waals surface area contributed by atoms with Crippen LogP contribution in [0.3, 0.4) is 0 Å². The minimum atomic E-state index is -4.69. The molecular weight excluding hydrogens is 666 g/mol. The molecule has 0 amide bonds. The molecule has 0 radical (unpaired) electrons. The molecule has 4 aromatic rings. The van der Waals surface area contributed by atoms with Crippen molar-refractivity contribution in [3.05, 3.63) is 118 Å². The zero-order chi connectivity index (χ0) is 35.5. The van der Waals surface area contributed by atoms with E-state index in [0.29, 0.717) is 42.5 Å².